The van der Waals surface area contributed by atoms with Crippen LogP contribution in [0.2, 0.25) is 0 Å². The molecule has 1 aromatic heterocycles. The Labute approximate surface area is 120 Å². The van der Waals surface area contributed by atoms with Crippen molar-refractivity contribution in [1.29, 1.82) is 0 Å². The molecule has 4 heteroatoms. The van der Waals surface area contributed by atoms with Crippen LogP contribution < -0.4 is 10.1 Å². The van der Waals surface area contributed by atoms with Crippen LogP contribution in [0.4, 0.5) is 0 Å². The lowest BCUT2D eigenvalue weighted by Crippen LogP contribution is -2.11. The molecular formula is C16H22N2O2. The molecule has 0 unspecified atom stereocenters. The van der Waals surface area contributed by atoms with Crippen LogP contribution in [-0.4, -0.2) is 18.1 Å². The third-order valence-electron chi connectivity index (χ3n) is 2.98. The summed E-state index contributed by atoms with van der Waals surface area (Å²) in [4.78, 5) is 4.45. The number of ether oxygens (including phenoxy) is 1. The quantitative estimate of drug-likeness (QED) is 0.747. The third-order valence-corrected chi connectivity index (χ3v) is 2.98. The fourth-order valence-corrected chi connectivity index (χ4v) is 1.80. The number of benzene rings is 1. The first-order valence-corrected chi connectivity index (χ1v) is 7.21. The second-order valence-electron chi connectivity index (χ2n) is 4.65. The summed E-state index contributed by atoms with van der Waals surface area (Å²) >= 11 is 0. The Morgan fingerprint density at radius 3 is 2.70 bits per heavy atom. The van der Waals surface area contributed by atoms with E-state index in [4.69, 9.17) is 9.15 Å². The highest BCUT2D eigenvalue weighted by Crippen LogP contribution is 2.22. The largest absolute Gasteiger partial charge is 0.494 e. The summed E-state index contributed by atoms with van der Waals surface area (Å²) < 4.78 is 11.1. The van der Waals surface area contributed by atoms with E-state index in [1.165, 1.54) is 0 Å². The second kappa shape index (κ2) is 7.70. The average Bonchev–Trinajstić information content (AvgIpc) is 2.95. The lowest BCUT2D eigenvalue weighted by Gasteiger charge is -2.05. The molecule has 0 spiro atoms. The van der Waals surface area contributed by atoms with Gasteiger partial charge in [0.2, 0.25) is 5.89 Å². The van der Waals surface area contributed by atoms with E-state index in [9.17, 15) is 0 Å². The molecule has 0 atom stereocenters. The van der Waals surface area contributed by atoms with E-state index in [1.807, 2.05) is 24.3 Å². The highest BCUT2D eigenvalue weighted by Gasteiger charge is 2.06. The first-order chi connectivity index (χ1) is 9.83. The molecule has 0 saturated heterocycles. The molecule has 0 radical (unpaired) electrons. The molecular weight excluding hydrogens is 252 g/mol. The van der Waals surface area contributed by atoms with Gasteiger partial charge in [0, 0.05) is 12.1 Å². The number of rotatable bonds is 8. The summed E-state index contributed by atoms with van der Waals surface area (Å²) in [5.74, 6) is 1.54. The van der Waals surface area contributed by atoms with E-state index in [-0.39, 0.29) is 0 Å². The van der Waals surface area contributed by atoms with Crippen molar-refractivity contribution in [2.75, 3.05) is 13.2 Å². The van der Waals surface area contributed by atoms with Gasteiger partial charge in [0.25, 0.3) is 0 Å². The summed E-state index contributed by atoms with van der Waals surface area (Å²) in [7, 11) is 0. The van der Waals surface area contributed by atoms with Gasteiger partial charge in [-0.05, 0) is 37.2 Å². The maximum atomic E-state index is 5.63. The van der Waals surface area contributed by atoms with Crippen LogP contribution in [0.3, 0.4) is 0 Å². The Hall–Kier alpha value is -1.81. The summed E-state index contributed by atoms with van der Waals surface area (Å²) in [6, 6.07) is 7.87. The first-order valence-electron chi connectivity index (χ1n) is 7.21. The van der Waals surface area contributed by atoms with Crippen LogP contribution in [-0.2, 0) is 6.54 Å². The third kappa shape index (κ3) is 4.10. The van der Waals surface area contributed by atoms with Gasteiger partial charge in [-0.25, -0.2) is 4.98 Å². The maximum Gasteiger partial charge on any atom is 0.226 e. The minimum Gasteiger partial charge on any atom is -0.494 e. The van der Waals surface area contributed by atoms with Gasteiger partial charge in [0.05, 0.1) is 12.3 Å². The molecule has 20 heavy (non-hydrogen) atoms. The first kappa shape index (κ1) is 14.6. The molecule has 2 aromatic rings. The molecule has 0 bridgehead atoms. The minimum atomic E-state index is 0.651. The van der Waals surface area contributed by atoms with Gasteiger partial charge < -0.3 is 14.5 Å². The Balaban J connectivity index is 1.96. The number of aromatic nitrogens is 1. The zero-order valence-corrected chi connectivity index (χ0v) is 12.2. The van der Waals surface area contributed by atoms with Crippen LogP contribution in [0.15, 0.2) is 34.9 Å². The molecule has 0 amide bonds. The Morgan fingerprint density at radius 1 is 1.20 bits per heavy atom. The standard InChI is InChI=1S/C16H22N2O2/c1-3-5-10-19-15-8-6-13(7-9-15)16-18-14(12-20-16)11-17-4-2/h6-9,12,17H,3-5,10-11H2,1-2H3. The Morgan fingerprint density at radius 2 is 2.00 bits per heavy atom. The van der Waals surface area contributed by atoms with Crippen LogP contribution in [0.1, 0.15) is 32.4 Å². The van der Waals surface area contributed by atoms with E-state index >= 15 is 0 Å². The van der Waals surface area contributed by atoms with Crippen LogP contribution in [0.5, 0.6) is 5.75 Å². The van der Waals surface area contributed by atoms with Crippen molar-refractivity contribution in [3.63, 3.8) is 0 Å². The lowest BCUT2D eigenvalue weighted by atomic mass is 10.2. The van der Waals surface area contributed by atoms with Crippen molar-refractivity contribution in [2.24, 2.45) is 0 Å². The molecule has 0 aliphatic rings. The summed E-state index contributed by atoms with van der Waals surface area (Å²) in [5, 5.41) is 3.22. The zero-order valence-electron chi connectivity index (χ0n) is 12.2. The zero-order chi connectivity index (χ0) is 14.2. The lowest BCUT2D eigenvalue weighted by molar-refractivity contribution is 0.309. The van der Waals surface area contributed by atoms with Crippen molar-refractivity contribution in [1.82, 2.24) is 10.3 Å². The number of hydrogen-bond donors (Lipinski definition) is 1. The van der Waals surface area contributed by atoms with Crippen LogP contribution in [0, 0.1) is 0 Å². The highest BCUT2D eigenvalue weighted by molar-refractivity contribution is 5.54. The number of unbranched alkanes of at least 4 members (excludes halogenated alkanes) is 1. The fourth-order valence-electron chi connectivity index (χ4n) is 1.80. The number of nitrogens with zero attached hydrogens (tertiary/aromatic N) is 1. The van der Waals surface area contributed by atoms with E-state index in [2.05, 4.69) is 24.1 Å². The topological polar surface area (TPSA) is 47.3 Å². The second-order valence-corrected chi connectivity index (χ2v) is 4.65. The summed E-state index contributed by atoms with van der Waals surface area (Å²) in [5.41, 5.74) is 1.89. The van der Waals surface area contributed by atoms with Crippen molar-refractivity contribution >= 4 is 0 Å². The van der Waals surface area contributed by atoms with Gasteiger partial charge in [0.15, 0.2) is 0 Å². The van der Waals surface area contributed by atoms with Crippen molar-refractivity contribution < 1.29 is 9.15 Å². The monoisotopic (exact) mass is 274 g/mol. The average molecular weight is 274 g/mol. The minimum absolute atomic E-state index is 0.651. The van der Waals surface area contributed by atoms with Gasteiger partial charge >= 0.3 is 0 Å². The molecule has 108 valence electrons. The molecule has 4 nitrogen and oxygen atoms in total. The molecule has 1 aromatic carbocycles. The molecule has 0 fully saturated rings. The molecule has 1 N–H and O–H groups in total. The van der Waals surface area contributed by atoms with Crippen LogP contribution >= 0.6 is 0 Å². The van der Waals surface area contributed by atoms with E-state index in [0.717, 1.165) is 49.5 Å². The SMILES string of the molecule is CCCCOc1ccc(-c2nc(CNCC)co2)cc1. The van der Waals surface area contributed by atoms with Gasteiger partial charge in [-0.2, -0.15) is 0 Å². The molecule has 0 aliphatic heterocycles. The normalized spacial score (nSPS) is 10.7. The molecule has 1 heterocycles. The van der Waals surface area contributed by atoms with Gasteiger partial charge in [-0.1, -0.05) is 20.3 Å². The molecule has 2 rings (SSSR count). The van der Waals surface area contributed by atoms with E-state index < -0.39 is 0 Å². The van der Waals surface area contributed by atoms with E-state index in [1.54, 1.807) is 6.26 Å². The molecule has 0 aliphatic carbocycles. The predicted molar refractivity (Wildman–Crippen MR) is 79.7 cm³/mol. The number of hydrogen-bond acceptors (Lipinski definition) is 4. The Kier molecular flexibility index (Phi) is 5.62. The van der Waals surface area contributed by atoms with Gasteiger partial charge in [0.1, 0.15) is 12.0 Å². The number of oxazole rings is 1. The van der Waals surface area contributed by atoms with Crippen LogP contribution in [0.25, 0.3) is 11.5 Å². The smallest absolute Gasteiger partial charge is 0.226 e. The summed E-state index contributed by atoms with van der Waals surface area (Å²) in [6.07, 6.45) is 3.92. The fraction of sp³-hybridized carbons (Fsp3) is 0.438. The Bertz CT molecular complexity index is 505. The van der Waals surface area contributed by atoms with Gasteiger partial charge in [-0.15, -0.1) is 0 Å². The van der Waals surface area contributed by atoms with Crippen molar-refractivity contribution in [2.45, 2.75) is 33.2 Å². The van der Waals surface area contributed by atoms with Crippen molar-refractivity contribution in [3.05, 3.63) is 36.2 Å². The van der Waals surface area contributed by atoms with Gasteiger partial charge in [-0.3, -0.25) is 0 Å². The maximum absolute atomic E-state index is 5.63. The summed E-state index contributed by atoms with van der Waals surface area (Å²) in [6.45, 7) is 6.64. The highest BCUT2D eigenvalue weighted by atomic mass is 16.5. The van der Waals surface area contributed by atoms with Crippen molar-refractivity contribution in [3.8, 4) is 17.2 Å². The van der Waals surface area contributed by atoms with E-state index in [0.29, 0.717) is 5.89 Å². The number of nitrogens with one attached hydrogen (secondary N) is 1. The molecule has 0 saturated carbocycles. The predicted octanol–water partition coefficient (Wildman–Crippen LogP) is 3.63.